The van der Waals surface area contributed by atoms with Gasteiger partial charge in [0.1, 0.15) is 48.8 Å². The first-order valence-electron chi connectivity index (χ1n) is 32.0. The molecule has 14 heteroatoms. The van der Waals surface area contributed by atoms with Crippen molar-refractivity contribution in [3.63, 3.8) is 0 Å². The lowest BCUT2D eigenvalue weighted by molar-refractivity contribution is -0.359. The number of allylic oxidation sites excluding steroid dienone is 15. The summed E-state index contributed by atoms with van der Waals surface area (Å²) in [4.78, 5) is 13.3. The van der Waals surface area contributed by atoms with Gasteiger partial charge in [0.2, 0.25) is 5.91 Å². The Bertz CT molecular complexity index is 1730. The average Bonchev–Trinajstić information content (AvgIpc) is 3.46. The number of nitrogens with one attached hydrogen (secondary N) is 1. The van der Waals surface area contributed by atoms with Crippen LogP contribution < -0.4 is 5.32 Å². The maximum atomic E-state index is 13.3. The van der Waals surface area contributed by atoms with Gasteiger partial charge in [-0.1, -0.05) is 233 Å². The van der Waals surface area contributed by atoms with Crippen molar-refractivity contribution in [2.75, 3.05) is 19.8 Å². The molecule has 0 radical (unpaired) electrons. The van der Waals surface area contributed by atoms with Gasteiger partial charge in [-0.25, -0.2) is 0 Å². The quantitative estimate of drug-likeness (QED) is 0.0204. The SMILES string of the molecule is CC/C=C\C/C=C\C/C=C\C/C=C\C/C=C\C/C=C\CCCCCCCCCCCCCCCCCCC(=O)NC(COC1OC(CO)C(OC2OC(CO)C(O)C(O)C2O)C(O)C1O)C(O)/C=C/CC/C=C/CCCCCCCC. The standard InChI is InChI=1S/C67H115NO13/c1-3-5-7-9-11-13-15-17-18-19-20-21-22-23-24-25-26-27-28-29-30-31-32-33-34-35-36-37-38-39-41-43-45-47-49-51-59(72)68-55(56(71)50-48-46-44-42-40-16-14-12-10-8-6-4-2)54-78-66-64(77)62(75)65(58(53-70)80-66)81-67-63(76)61(74)60(73)57(52-69)79-67/h5,7,11,13,17-18,20-21,23-24,26-27,40,42,48,50,55-58,60-67,69-71,73-77H,3-4,6,8-10,12,14-16,19,22,25,28-39,41,43-47,49,51-54H2,1-2H3,(H,68,72)/b7-5-,13-11-,18-17-,21-20-,24-23-,27-26-,42-40+,50-48+. The van der Waals surface area contributed by atoms with E-state index in [1.807, 2.05) is 6.08 Å². The fraction of sp³-hybridized carbons (Fsp3) is 0.746. The zero-order chi connectivity index (χ0) is 58.8. The van der Waals surface area contributed by atoms with Crippen LogP contribution in [0.5, 0.6) is 0 Å². The maximum Gasteiger partial charge on any atom is 0.220 e. The number of aliphatic hydroxyl groups excluding tert-OH is 8. The highest BCUT2D eigenvalue weighted by Crippen LogP contribution is 2.30. The predicted molar refractivity (Wildman–Crippen MR) is 327 cm³/mol. The monoisotopic (exact) mass is 1140 g/mol. The molecule has 9 N–H and O–H groups in total. The summed E-state index contributed by atoms with van der Waals surface area (Å²) < 4.78 is 22.7. The zero-order valence-electron chi connectivity index (χ0n) is 50.2. The maximum absolute atomic E-state index is 13.3. The van der Waals surface area contributed by atoms with Gasteiger partial charge in [0.15, 0.2) is 12.6 Å². The molecule has 12 atom stereocenters. The second-order valence-corrected chi connectivity index (χ2v) is 22.1. The highest BCUT2D eigenvalue weighted by atomic mass is 16.7. The van der Waals surface area contributed by atoms with Crippen molar-refractivity contribution in [2.24, 2.45) is 0 Å². The van der Waals surface area contributed by atoms with Crippen molar-refractivity contribution in [3.8, 4) is 0 Å². The Balaban J connectivity index is 1.62. The van der Waals surface area contributed by atoms with Gasteiger partial charge in [-0.15, -0.1) is 0 Å². The smallest absolute Gasteiger partial charge is 0.220 e. The van der Waals surface area contributed by atoms with Crippen LogP contribution in [0.25, 0.3) is 0 Å². The minimum absolute atomic E-state index is 0.253. The van der Waals surface area contributed by atoms with Crippen molar-refractivity contribution >= 4 is 5.91 Å². The summed E-state index contributed by atoms with van der Waals surface area (Å²) in [6.45, 7) is 2.64. The van der Waals surface area contributed by atoms with Crippen LogP contribution in [0, 0.1) is 0 Å². The molecule has 0 saturated carbocycles. The van der Waals surface area contributed by atoms with Crippen molar-refractivity contribution in [1.82, 2.24) is 5.32 Å². The molecule has 1 amide bonds. The highest BCUT2D eigenvalue weighted by molar-refractivity contribution is 5.76. The van der Waals surface area contributed by atoms with E-state index in [1.165, 1.54) is 122 Å². The van der Waals surface area contributed by atoms with Crippen molar-refractivity contribution in [1.29, 1.82) is 0 Å². The molecule has 2 saturated heterocycles. The molecule has 2 heterocycles. The van der Waals surface area contributed by atoms with Gasteiger partial charge in [-0.05, 0) is 83.5 Å². The first-order valence-corrected chi connectivity index (χ1v) is 32.0. The summed E-state index contributed by atoms with van der Waals surface area (Å²) in [5, 5.41) is 87.0. The minimum Gasteiger partial charge on any atom is -0.394 e. The van der Waals surface area contributed by atoms with Crippen molar-refractivity contribution < 1.29 is 64.6 Å². The Labute approximate surface area is 490 Å². The number of hydrogen-bond donors (Lipinski definition) is 9. The molecule has 2 aliphatic rings. The van der Waals surface area contributed by atoms with Gasteiger partial charge in [-0.3, -0.25) is 4.79 Å². The topological polar surface area (TPSA) is 228 Å². The van der Waals surface area contributed by atoms with Gasteiger partial charge in [0.05, 0.1) is 32.0 Å². The average molecular weight is 1140 g/mol. The number of unbranched alkanes of at least 4 members (excludes halogenated alkanes) is 23. The molecule has 12 unspecified atom stereocenters. The van der Waals surface area contributed by atoms with E-state index in [9.17, 15) is 45.6 Å². The van der Waals surface area contributed by atoms with E-state index in [0.29, 0.717) is 12.8 Å². The van der Waals surface area contributed by atoms with Crippen LogP contribution in [0.4, 0.5) is 0 Å². The summed E-state index contributed by atoms with van der Waals surface area (Å²) in [7, 11) is 0. The molecule has 0 aromatic rings. The second-order valence-electron chi connectivity index (χ2n) is 22.1. The minimum atomic E-state index is -1.79. The Morgan fingerprint density at radius 1 is 0.457 bits per heavy atom. The zero-order valence-corrected chi connectivity index (χ0v) is 50.2. The molecule has 466 valence electrons. The normalized spacial score (nSPS) is 24.8. The Morgan fingerprint density at radius 2 is 0.864 bits per heavy atom. The lowest BCUT2D eigenvalue weighted by Crippen LogP contribution is -2.65. The second kappa shape index (κ2) is 51.3. The van der Waals surface area contributed by atoms with Gasteiger partial charge < -0.3 is 65.1 Å². The number of hydrogen-bond acceptors (Lipinski definition) is 13. The van der Waals surface area contributed by atoms with Crippen LogP contribution in [-0.4, -0.2) is 140 Å². The molecule has 2 aliphatic heterocycles. The number of aliphatic hydroxyl groups is 8. The number of carbonyl (C=O) groups excluding carboxylic acids is 1. The van der Waals surface area contributed by atoms with E-state index in [0.717, 1.165) is 70.6 Å². The first kappa shape index (κ1) is 74.0. The van der Waals surface area contributed by atoms with E-state index in [2.05, 4.69) is 104 Å². The van der Waals surface area contributed by atoms with E-state index >= 15 is 0 Å². The van der Waals surface area contributed by atoms with Gasteiger partial charge in [-0.2, -0.15) is 0 Å². The summed E-state index contributed by atoms with van der Waals surface area (Å²) in [6.07, 6.45) is 54.7. The summed E-state index contributed by atoms with van der Waals surface area (Å²) in [6, 6.07) is -0.935. The summed E-state index contributed by atoms with van der Waals surface area (Å²) in [5.74, 6) is -0.253. The fourth-order valence-corrected chi connectivity index (χ4v) is 9.90. The van der Waals surface area contributed by atoms with Crippen LogP contribution in [0.1, 0.15) is 226 Å². The Morgan fingerprint density at radius 3 is 1.36 bits per heavy atom. The van der Waals surface area contributed by atoms with Crippen LogP contribution in [0.2, 0.25) is 0 Å². The molecule has 0 spiro atoms. The molecular weight excluding hydrogens is 1030 g/mol. The largest absolute Gasteiger partial charge is 0.394 e. The molecule has 2 fully saturated rings. The van der Waals surface area contributed by atoms with E-state index < -0.39 is 86.8 Å². The number of ether oxygens (including phenoxy) is 4. The van der Waals surface area contributed by atoms with Crippen molar-refractivity contribution in [2.45, 2.75) is 299 Å². The lowest BCUT2D eigenvalue weighted by Gasteiger charge is -2.46. The van der Waals surface area contributed by atoms with Gasteiger partial charge in [0, 0.05) is 6.42 Å². The molecule has 14 nitrogen and oxygen atoms in total. The molecule has 81 heavy (non-hydrogen) atoms. The summed E-state index contributed by atoms with van der Waals surface area (Å²) in [5.41, 5.74) is 0. The molecule has 0 aromatic carbocycles. The summed E-state index contributed by atoms with van der Waals surface area (Å²) >= 11 is 0. The predicted octanol–water partition coefficient (Wildman–Crippen LogP) is 11.8. The van der Waals surface area contributed by atoms with Crippen LogP contribution in [-0.2, 0) is 23.7 Å². The number of carbonyl (C=O) groups is 1. The highest BCUT2D eigenvalue weighted by Gasteiger charge is 2.51. The van der Waals surface area contributed by atoms with Gasteiger partial charge in [0.25, 0.3) is 0 Å². The van der Waals surface area contributed by atoms with E-state index in [-0.39, 0.29) is 18.9 Å². The lowest BCUT2D eigenvalue weighted by atomic mass is 9.97. The third kappa shape index (κ3) is 36.4. The third-order valence-electron chi connectivity index (χ3n) is 15.0. The first-order chi connectivity index (χ1) is 39.6. The van der Waals surface area contributed by atoms with Crippen molar-refractivity contribution in [3.05, 3.63) is 97.2 Å². The Kier molecular flexibility index (Phi) is 46.9. The molecule has 2 rings (SSSR count). The van der Waals surface area contributed by atoms with E-state index in [1.54, 1.807) is 6.08 Å². The number of amides is 1. The Hall–Kier alpha value is -3.09. The molecule has 0 aromatic heterocycles. The van der Waals surface area contributed by atoms with Crippen LogP contribution in [0.3, 0.4) is 0 Å². The van der Waals surface area contributed by atoms with E-state index in [4.69, 9.17) is 18.9 Å². The van der Waals surface area contributed by atoms with Crippen LogP contribution >= 0.6 is 0 Å². The number of rotatable bonds is 50. The molecular formula is C67H115NO13. The van der Waals surface area contributed by atoms with Crippen LogP contribution in [0.15, 0.2) is 97.2 Å². The fourth-order valence-electron chi connectivity index (χ4n) is 9.90. The molecule has 0 bridgehead atoms. The molecule has 0 aliphatic carbocycles. The third-order valence-corrected chi connectivity index (χ3v) is 15.0. The van der Waals surface area contributed by atoms with Gasteiger partial charge >= 0.3 is 0 Å².